The van der Waals surface area contributed by atoms with E-state index in [1.807, 2.05) is 43.3 Å². The Labute approximate surface area is 134 Å². The lowest BCUT2D eigenvalue weighted by atomic mass is 10.1. The van der Waals surface area contributed by atoms with Gasteiger partial charge in [-0.3, -0.25) is 0 Å². The van der Waals surface area contributed by atoms with E-state index in [0.29, 0.717) is 16.0 Å². The van der Waals surface area contributed by atoms with E-state index in [2.05, 4.69) is 25.9 Å². The van der Waals surface area contributed by atoms with Gasteiger partial charge in [-0.2, -0.15) is 0 Å². The SMILES string of the molecule is Cc1c(Br)ccc2c(Cl)nc(-c3ccccc3Cl)nc12. The molecule has 0 spiro atoms. The zero-order chi connectivity index (χ0) is 14.3. The summed E-state index contributed by atoms with van der Waals surface area (Å²) in [6.45, 7) is 1.99. The monoisotopic (exact) mass is 366 g/mol. The predicted octanol–water partition coefficient (Wildman–Crippen LogP) is 5.67. The molecule has 0 saturated heterocycles. The van der Waals surface area contributed by atoms with Crippen LogP contribution < -0.4 is 0 Å². The molecule has 3 aromatic rings. The smallest absolute Gasteiger partial charge is 0.163 e. The summed E-state index contributed by atoms with van der Waals surface area (Å²) in [5.74, 6) is 0.536. The predicted molar refractivity (Wildman–Crippen MR) is 87.4 cm³/mol. The van der Waals surface area contributed by atoms with Gasteiger partial charge in [-0.1, -0.05) is 51.3 Å². The Hall–Kier alpha value is -1.16. The van der Waals surface area contributed by atoms with E-state index >= 15 is 0 Å². The molecule has 100 valence electrons. The average molecular weight is 368 g/mol. The number of benzene rings is 2. The molecule has 20 heavy (non-hydrogen) atoms. The van der Waals surface area contributed by atoms with E-state index in [1.165, 1.54) is 0 Å². The maximum absolute atomic E-state index is 6.28. The van der Waals surface area contributed by atoms with Gasteiger partial charge in [-0.25, -0.2) is 9.97 Å². The summed E-state index contributed by atoms with van der Waals surface area (Å²) in [5, 5.41) is 1.87. The van der Waals surface area contributed by atoms with E-state index in [1.54, 1.807) is 0 Å². The van der Waals surface area contributed by atoms with Gasteiger partial charge in [0, 0.05) is 15.4 Å². The van der Waals surface area contributed by atoms with Gasteiger partial charge in [0.15, 0.2) is 5.82 Å². The number of hydrogen-bond donors (Lipinski definition) is 0. The second-order valence-corrected chi connectivity index (χ2v) is 6.01. The van der Waals surface area contributed by atoms with Crippen LogP contribution in [0.25, 0.3) is 22.3 Å². The van der Waals surface area contributed by atoms with Gasteiger partial charge < -0.3 is 0 Å². The van der Waals surface area contributed by atoms with Gasteiger partial charge in [-0.15, -0.1) is 0 Å². The molecule has 1 heterocycles. The minimum atomic E-state index is 0.431. The largest absolute Gasteiger partial charge is 0.228 e. The van der Waals surface area contributed by atoms with Gasteiger partial charge in [0.25, 0.3) is 0 Å². The van der Waals surface area contributed by atoms with Crippen molar-refractivity contribution in [2.45, 2.75) is 6.92 Å². The number of nitrogens with zero attached hydrogens (tertiary/aromatic N) is 2. The van der Waals surface area contributed by atoms with Crippen molar-refractivity contribution in [1.82, 2.24) is 9.97 Å². The molecule has 1 aromatic heterocycles. The summed E-state index contributed by atoms with van der Waals surface area (Å²) in [6.07, 6.45) is 0. The number of aromatic nitrogens is 2. The lowest BCUT2D eigenvalue weighted by Gasteiger charge is -2.09. The van der Waals surface area contributed by atoms with E-state index in [0.717, 1.165) is 26.5 Å². The van der Waals surface area contributed by atoms with Crippen LogP contribution in [0.15, 0.2) is 40.9 Å². The first-order chi connectivity index (χ1) is 9.58. The third-order valence-corrected chi connectivity index (χ3v) is 4.60. The molecule has 0 aliphatic rings. The zero-order valence-corrected chi connectivity index (χ0v) is 13.6. The summed E-state index contributed by atoms with van der Waals surface area (Å²) in [4.78, 5) is 8.98. The van der Waals surface area contributed by atoms with E-state index in [-0.39, 0.29) is 0 Å². The first-order valence-electron chi connectivity index (χ1n) is 5.95. The van der Waals surface area contributed by atoms with E-state index in [9.17, 15) is 0 Å². The minimum Gasteiger partial charge on any atom is -0.228 e. The fourth-order valence-corrected chi connectivity index (χ4v) is 2.81. The number of hydrogen-bond acceptors (Lipinski definition) is 2. The summed E-state index contributed by atoms with van der Waals surface area (Å²) in [5.41, 5.74) is 2.63. The van der Waals surface area contributed by atoms with Crippen molar-refractivity contribution in [3.63, 3.8) is 0 Å². The molecule has 0 saturated carbocycles. The standard InChI is InChI=1S/C15H9BrCl2N2/c1-8-11(16)7-6-10-13(8)19-15(20-14(10)18)9-4-2-3-5-12(9)17/h2-7H,1H3. The number of fused-ring (bicyclic) bond motifs is 1. The second-order valence-electron chi connectivity index (χ2n) is 4.39. The van der Waals surface area contributed by atoms with Gasteiger partial charge in [0.1, 0.15) is 5.15 Å². The van der Waals surface area contributed by atoms with Gasteiger partial charge in [-0.05, 0) is 36.8 Å². The number of aryl methyl sites for hydroxylation is 1. The molecule has 3 rings (SSSR count). The lowest BCUT2D eigenvalue weighted by Crippen LogP contribution is -1.94. The maximum Gasteiger partial charge on any atom is 0.163 e. The molecule has 0 unspecified atom stereocenters. The Bertz CT molecular complexity index is 818. The fourth-order valence-electron chi connectivity index (χ4n) is 2.03. The molecule has 2 nitrogen and oxygen atoms in total. The molecular formula is C15H9BrCl2N2. The van der Waals surface area contributed by atoms with Crippen molar-refractivity contribution in [1.29, 1.82) is 0 Å². The van der Waals surface area contributed by atoms with Crippen LogP contribution in [0.2, 0.25) is 10.2 Å². The quantitative estimate of drug-likeness (QED) is 0.517. The highest BCUT2D eigenvalue weighted by atomic mass is 79.9. The third-order valence-electron chi connectivity index (χ3n) is 3.12. The van der Waals surface area contributed by atoms with Crippen molar-refractivity contribution in [2.75, 3.05) is 0 Å². The molecule has 0 aliphatic carbocycles. The van der Waals surface area contributed by atoms with Gasteiger partial charge in [0.05, 0.1) is 10.5 Å². The van der Waals surface area contributed by atoms with Crippen LogP contribution in [-0.2, 0) is 0 Å². The normalized spacial score (nSPS) is 11.0. The molecule has 5 heteroatoms. The fraction of sp³-hybridized carbons (Fsp3) is 0.0667. The molecule has 0 aliphatic heterocycles. The molecule has 2 aromatic carbocycles. The van der Waals surface area contributed by atoms with Crippen LogP contribution in [0, 0.1) is 6.92 Å². The third kappa shape index (κ3) is 2.30. The number of rotatable bonds is 1. The van der Waals surface area contributed by atoms with Gasteiger partial charge in [0.2, 0.25) is 0 Å². The van der Waals surface area contributed by atoms with Gasteiger partial charge >= 0.3 is 0 Å². The molecule has 0 amide bonds. The van der Waals surface area contributed by atoms with E-state index in [4.69, 9.17) is 23.2 Å². The first-order valence-corrected chi connectivity index (χ1v) is 7.50. The lowest BCUT2D eigenvalue weighted by molar-refractivity contribution is 1.21. The van der Waals surface area contributed by atoms with Crippen LogP contribution >= 0.6 is 39.1 Å². The van der Waals surface area contributed by atoms with Crippen molar-refractivity contribution < 1.29 is 0 Å². The molecule has 0 radical (unpaired) electrons. The first kappa shape index (κ1) is 13.8. The van der Waals surface area contributed by atoms with E-state index < -0.39 is 0 Å². The van der Waals surface area contributed by atoms with Crippen LogP contribution in [-0.4, -0.2) is 9.97 Å². The topological polar surface area (TPSA) is 25.8 Å². The highest BCUT2D eigenvalue weighted by Gasteiger charge is 2.12. The number of halogens is 3. The maximum atomic E-state index is 6.28. The summed E-state index contributed by atoms with van der Waals surface area (Å²) < 4.78 is 0.991. The molecule has 0 atom stereocenters. The molecule has 0 fully saturated rings. The molecule has 0 N–H and O–H groups in total. The zero-order valence-electron chi connectivity index (χ0n) is 10.5. The Morgan fingerprint density at radius 3 is 2.50 bits per heavy atom. The van der Waals surface area contributed by atoms with Crippen LogP contribution in [0.5, 0.6) is 0 Å². The average Bonchev–Trinajstić information content (AvgIpc) is 2.43. The van der Waals surface area contributed by atoms with Crippen LogP contribution in [0.3, 0.4) is 0 Å². The van der Waals surface area contributed by atoms with Crippen molar-refractivity contribution in [3.8, 4) is 11.4 Å². The van der Waals surface area contributed by atoms with Crippen LogP contribution in [0.1, 0.15) is 5.56 Å². The summed E-state index contributed by atoms with van der Waals surface area (Å²) in [6, 6.07) is 11.3. The Morgan fingerprint density at radius 1 is 1.00 bits per heavy atom. The molecular weight excluding hydrogens is 359 g/mol. The minimum absolute atomic E-state index is 0.431. The summed E-state index contributed by atoms with van der Waals surface area (Å²) >= 11 is 16.0. The van der Waals surface area contributed by atoms with Crippen molar-refractivity contribution >= 4 is 50.0 Å². The highest BCUT2D eigenvalue weighted by molar-refractivity contribution is 9.10. The Morgan fingerprint density at radius 2 is 1.75 bits per heavy atom. The molecule has 0 bridgehead atoms. The second kappa shape index (κ2) is 5.32. The van der Waals surface area contributed by atoms with Crippen LogP contribution in [0.4, 0.5) is 0 Å². The Kier molecular flexibility index (Phi) is 3.67. The summed E-state index contributed by atoms with van der Waals surface area (Å²) in [7, 11) is 0. The van der Waals surface area contributed by atoms with Crippen molar-refractivity contribution in [2.24, 2.45) is 0 Å². The Balaban J connectivity index is 2.34. The highest BCUT2D eigenvalue weighted by Crippen LogP contribution is 2.32. The van der Waals surface area contributed by atoms with Crippen molar-refractivity contribution in [3.05, 3.63) is 56.6 Å².